The van der Waals surface area contributed by atoms with E-state index in [9.17, 15) is 9.59 Å². The van der Waals surface area contributed by atoms with E-state index in [0.29, 0.717) is 32.8 Å². The lowest BCUT2D eigenvalue weighted by atomic mass is 9.88. The quantitative estimate of drug-likeness (QED) is 0.828. The highest BCUT2D eigenvalue weighted by Gasteiger charge is 2.37. The highest BCUT2D eigenvalue weighted by atomic mass is 16.5. The van der Waals surface area contributed by atoms with Gasteiger partial charge in [0.1, 0.15) is 6.61 Å². The molecule has 2 amide bonds. The first-order chi connectivity index (χ1) is 12.2. The largest absolute Gasteiger partial charge is 0.378 e. The number of rotatable bonds is 4. The van der Waals surface area contributed by atoms with Gasteiger partial charge in [0.25, 0.3) is 0 Å². The van der Waals surface area contributed by atoms with Gasteiger partial charge in [-0.1, -0.05) is 30.3 Å². The van der Waals surface area contributed by atoms with Crippen LogP contribution in [0.4, 0.5) is 0 Å². The molecule has 6 nitrogen and oxygen atoms in total. The maximum absolute atomic E-state index is 12.8. The van der Waals surface area contributed by atoms with Crippen LogP contribution in [0.5, 0.6) is 0 Å². The SMILES string of the molecule is COCC(=O)N1CC(C(=O)N2CCOCC2)CCC1c1ccccc1. The summed E-state index contributed by atoms with van der Waals surface area (Å²) in [5.41, 5.74) is 1.12. The molecule has 0 aromatic heterocycles. The lowest BCUT2D eigenvalue weighted by Gasteiger charge is -2.41. The second-order valence-electron chi connectivity index (χ2n) is 6.62. The van der Waals surface area contributed by atoms with Crippen LogP contribution >= 0.6 is 0 Å². The van der Waals surface area contributed by atoms with Crippen LogP contribution in [0.25, 0.3) is 0 Å². The molecule has 2 aliphatic rings. The highest BCUT2D eigenvalue weighted by Crippen LogP contribution is 2.34. The van der Waals surface area contributed by atoms with Crippen molar-refractivity contribution in [2.45, 2.75) is 18.9 Å². The molecule has 1 aromatic carbocycles. The first-order valence-electron chi connectivity index (χ1n) is 8.90. The Bertz CT molecular complexity index is 586. The van der Waals surface area contributed by atoms with Gasteiger partial charge in [0, 0.05) is 26.7 Å². The summed E-state index contributed by atoms with van der Waals surface area (Å²) in [7, 11) is 1.52. The molecule has 0 radical (unpaired) electrons. The van der Waals surface area contributed by atoms with Crippen LogP contribution in [-0.2, 0) is 19.1 Å². The van der Waals surface area contributed by atoms with Gasteiger partial charge >= 0.3 is 0 Å². The van der Waals surface area contributed by atoms with Crippen molar-refractivity contribution in [3.05, 3.63) is 35.9 Å². The summed E-state index contributed by atoms with van der Waals surface area (Å²) in [4.78, 5) is 29.1. The third kappa shape index (κ3) is 4.19. The lowest BCUT2D eigenvalue weighted by Crippen LogP contribution is -2.50. The van der Waals surface area contributed by atoms with Gasteiger partial charge in [0.05, 0.1) is 25.2 Å². The maximum atomic E-state index is 12.8. The minimum atomic E-state index is -0.140. The van der Waals surface area contributed by atoms with Crippen LogP contribution in [-0.4, -0.2) is 68.2 Å². The van der Waals surface area contributed by atoms with E-state index in [0.717, 1.165) is 18.4 Å². The number of carbonyl (C=O) groups is 2. The molecule has 2 aliphatic heterocycles. The topological polar surface area (TPSA) is 59.1 Å². The van der Waals surface area contributed by atoms with E-state index in [1.54, 1.807) is 0 Å². The molecule has 0 aliphatic carbocycles. The smallest absolute Gasteiger partial charge is 0.249 e. The molecular formula is C19H26N2O4. The fraction of sp³-hybridized carbons (Fsp3) is 0.579. The van der Waals surface area contributed by atoms with Crippen LogP contribution in [0, 0.1) is 5.92 Å². The van der Waals surface area contributed by atoms with Crippen molar-refractivity contribution in [3.63, 3.8) is 0 Å². The van der Waals surface area contributed by atoms with E-state index in [1.807, 2.05) is 40.1 Å². The Morgan fingerprint density at radius 2 is 1.88 bits per heavy atom. The average Bonchev–Trinajstić information content (AvgIpc) is 2.68. The average molecular weight is 346 g/mol. The Balaban J connectivity index is 1.74. The summed E-state index contributed by atoms with van der Waals surface area (Å²) < 4.78 is 10.4. The molecule has 0 N–H and O–H groups in total. The van der Waals surface area contributed by atoms with Crippen molar-refractivity contribution in [1.29, 1.82) is 0 Å². The zero-order valence-electron chi connectivity index (χ0n) is 14.7. The van der Waals surface area contributed by atoms with Crippen LogP contribution in [0.1, 0.15) is 24.4 Å². The number of methoxy groups -OCH3 is 1. The summed E-state index contributed by atoms with van der Waals surface area (Å²) >= 11 is 0. The Morgan fingerprint density at radius 3 is 2.56 bits per heavy atom. The summed E-state index contributed by atoms with van der Waals surface area (Å²) in [6.45, 7) is 2.97. The number of piperidine rings is 1. The van der Waals surface area contributed by atoms with Crippen molar-refractivity contribution in [1.82, 2.24) is 9.80 Å². The zero-order chi connectivity index (χ0) is 17.6. The second-order valence-corrected chi connectivity index (χ2v) is 6.62. The second kappa shape index (κ2) is 8.45. The van der Waals surface area contributed by atoms with Gasteiger partial charge in [-0.25, -0.2) is 0 Å². The predicted molar refractivity (Wildman–Crippen MR) is 92.9 cm³/mol. The fourth-order valence-electron chi connectivity index (χ4n) is 3.72. The van der Waals surface area contributed by atoms with E-state index < -0.39 is 0 Å². The van der Waals surface area contributed by atoms with Gasteiger partial charge in [-0.15, -0.1) is 0 Å². The number of ether oxygens (including phenoxy) is 2. The molecule has 1 aromatic rings. The molecular weight excluding hydrogens is 320 g/mol. The van der Waals surface area contributed by atoms with Crippen molar-refractivity contribution in [3.8, 4) is 0 Å². The molecule has 2 unspecified atom stereocenters. The van der Waals surface area contributed by atoms with Gasteiger partial charge in [0.15, 0.2) is 0 Å². The van der Waals surface area contributed by atoms with Crippen LogP contribution in [0.2, 0.25) is 0 Å². The van der Waals surface area contributed by atoms with E-state index in [2.05, 4.69) is 0 Å². The van der Waals surface area contributed by atoms with Gasteiger partial charge in [-0.3, -0.25) is 9.59 Å². The van der Waals surface area contributed by atoms with Crippen molar-refractivity contribution in [2.24, 2.45) is 5.92 Å². The molecule has 0 bridgehead atoms. The van der Waals surface area contributed by atoms with E-state index in [4.69, 9.17) is 9.47 Å². The van der Waals surface area contributed by atoms with E-state index in [-0.39, 0.29) is 30.4 Å². The summed E-state index contributed by atoms with van der Waals surface area (Å²) in [5, 5.41) is 0. The Morgan fingerprint density at radius 1 is 1.16 bits per heavy atom. The van der Waals surface area contributed by atoms with Gasteiger partial charge in [-0.05, 0) is 18.4 Å². The maximum Gasteiger partial charge on any atom is 0.249 e. The molecule has 0 spiro atoms. The monoisotopic (exact) mass is 346 g/mol. The summed E-state index contributed by atoms with van der Waals surface area (Å²) in [5.74, 6) is -0.0558. The predicted octanol–water partition coefficient (Wildman–Crippen LogP) is 1.47. The van der Waals surface area contributed by atoms with E-state index in [1.165, 1.54) is 7.11 Å². The first-order valence-corrected chi connectivity index (χ1v) is 8.90. The first kappa shape index (κ1) is 17.9. The van der Waals surface area contributed by atoms with Crippen molar-refractivity contribution >= 4 is 11.8 Å². The number of morpholine rings is 1. The third-order valence-corrected chi connectivity index (χ3v) is 5.03. The van der Waals surface area contributed by atoms with E-state index >= 15 is 0 Å². The molecule has 6 heteroatoms. The molecule has 2 atom stereocenters. The van der Waals surface area contributed by atoms with Gasteiger partial charge in [0.2, 0.25) is 11.8 Å². The number of hydrogen-bond donors (Lipinski definition) is 0. The summed E-state index contributed by atoms with van der Waals surface area (Å²) in [6, 6.07) is 10.0. The Kier molecular flexibility index (Phi) is 6.04. The van der Waals surface area contributed by atoms with Crippen molar-refractivity contribution in [2.75, 3.05) is 46.6 Å². The molecule has 136 valence electrons. The number of benzene rings is 1. The van der Waals surface area contributed by atoms with Crippen LogP contribution < -0.4 is 0 Å². The standard InChI is InChI=1S/C19H26N2O4/c1-24-14-18(22)21-13-16(19(23)20-9-11-25-12-10-20)7-8-17(21)15-5-3-2-4-6-15/h2-6,16-17H,7-14H2,1H3. The van der Waals surface area contributed by atoms with Crippen LogP contribution in [0.3, 0.4) is 0 Å². The molecule has 3 rings (SSSR count). The molecule has 25 heavy (non-hydrogen) atoms. The summed E-state index contributed by atoms with van der Waals surface area (Å²) in [6.07, 6.45) is 1.59. The molecule has 0 saturated carbocycles. The number of carbonyl (C=O) groups excluding carboxylic acids is 2. The fourth-order valence-corrected chi connectivity index (χ4v) is 3.72. The Hall–Kier alpha value is -1.92. The lowest BCUT2D eigenvalue weighted by molar-refractivity contribution is -0.147. The highest BCUT2D eigenvalue weighted by molar-refractivity contribution is 5.82. The van der Waals surface area contributed by atoms with Crippen LogP contribution in [0.15, 0.2) is 30.3 Å². The minimum Gasteiger partial charge on any atom is -0.378 e. The normalized spacial score (nSPS) is 24.2. The third-order valence-electron chi connectivity index (χ3n) is 5.03. The molecule has 2 fully saturated rings. The van der Waals surface area contributed by atoms with Gasteiger partial charge in [-0.2, -0.15) is 0 Å². The number of likely N-dealkylation sites (tertiary alicyclic amines) is 1. The number of hydrogen-bond acceptors (Lipinski definition) is 4. The molecule has 2 saturated heterocycles. The van der Waals surface area contributed by atoms with Crippen molar-refractivity contribution < 1.29 is 19.1 Å². The molecule has 2 heterocycles. The Labute approximate surface area is 148 Å². The minimum absolute atomic E-state index is 0.0117. The van der Waals surface area contributed by atoms with Gasteiger partial charge < -0.3 is 19.3 Å². The number of amides is 2. The zero-order valence-corrected chi connectivity index (χ0v) is 14.7. The number of nitrogens with zero attached hydrogens (tertiary/aromatic N) is 2.